The van der Waals surface area contributed by atoms with Crippen LogP contribution in [0.3, 0.4) is 0 Å². The van der Waals surface area contributed by atoms with Crippen molar-refractivity contribution in [3.05, 3.63) is 58.6 Å². The van der Waals surface area contributed by atoms with E-state index in [1.165, 1.54) is 23.4 Å². The summed E-state index contributed by atoms with van der Waals surface area (Å²) in [5.74, 6) is 0.621. The Bertz CT molecular complexity index is 953. The number of ketones is 1. The van der Waals surface area contributed by atoms with Crippen molar-refractivity contribution in [2.75, 3.05) is 33.3 Å². The van der Waals surface area contributed by atoms with E-state index in [1.807, 2.05) is 12.1 Å². The number of Topliss-reactive ketones (excluding diaryl/α,β-unsaturated/α-hetero) is 1. The van der Waals surface area contributed by atoms with Crippen LogP contribution in [-0.2, 0) is 16.6 Å². The van der Waals surface area contributed by atoms with Crippen molar-refractivity contribution in [3.8, 4) is 5.75 Å². The Hall–Kier alpha value is -1.93. The summed E-state index contributed by atoms with van der Waals surface area (Å²) >= 11 is 6.31. The van der Waals surface area contributed by atoms with Crippen LogP contribution in [0.15, 0.2) is 47.4 Å². The minimum absolute atomic E-state index is 0.0882. The molecule has 0 bridgehead atoms. The van der Waals surface area contributed by atoms with Gasteiger partial charge >= 0.3 is 0 Å². The van der Waals surface area contributed by atoms with Gasteiger partial charge in [-0.25, -0.2) is 8.42 Å². The zero-order valence-electron chi connectivity index (χ0n) is 15.9. The number of nitrogens with zero attached hydrogens (tertiary/aromatic N) is 2. The maximum atomic E-state index is 12.8. The first-order valence-corrected chi connectivity index (χ1v) is 10.8. The molecule has 1 heterocycles. The molecule has 0 spiro atoms. The Morgan fingerprint density at radius 3 is 2.25 bits per heavy atom. The van der Waals surface area contributed by atoms with E-state index in [9.17, 15) is 13.2 Å². The van der Waals surface area contributed by atoms with Crippen LogP contribution in [0.25, 0.3) is 0 Å². The highest BCUT2D eigenvalue weighted by Crippen LogP contribution is 2.25. The van der Waals surface area contributed by atoms with Gasteiger partial charge in [0.1, 0.15) is 5.75 Å². The minimum atomic E-state index is -3.57. The molecule has 0 saturated carbocycles. The first kappa shape index (κ1) is 20.8. The molecule has 6 nitrogen and oxygen atoms in total. The molecular weight excluding hydrogens is 400 g/mol. The van der Waals surface area contributed by atoms with E-state index in [-0.39, 0.29) is 10.7 Å². The Morgan fingerprint density at radius 1 is 1.07 bits per heavy atom. The molecule has 1 aliphatic heterocycles. The monoisotopic (exact) mass is 422 g/mol. The Balaban J connectivity index is 1.63. The molecule has 0 N–H and O–H groups in total. The second-order valence-corrected chi connectivity index (χ2v) is 9.06. The molecule has 0 radical (unpaired) electrons. The zero-order valence-corrected chi connectivity index (χ0v) is 17.5. The van der Waals surface area contributed by atoms with Crippen molar-refractivity contribution in [1.82, 2.24) is 9.21 Å². The summed E-state index contributed by atoms with van der Waals surface area (Å²) in [4.78, 5) is 13.8. The smallest absolute Gasteiger partial charge is 0.243 e. The van der Waals surface area contributed by atoms with Gasteiger partial charge < -0.3 is 4.74 Å². The van der Waals surface area contributed by atoms with E-state index in [4.69, 9.17) is 16.3 Å². The number of piperazine rings is 1. The average molecular weight is 423 g/mol. The number of benzene rings is 2. The predicted molar refractivity (Wildman–Crippen MR) is 108 cm³/mol. The predicted octanol–water partition coefficient (Wildman–Crippen LogP) is 3.06. The van der Waals surface area contributed by atoms with Gasteiger partial charge in [0.05, 0.1) is 12.0 Å². The maximum absolute atomic E-state index is 12.8. The lowest BCUT2D eigenvalue weighted by Gasteiger charge is -2.34. The summed E-state index contributed by atoms with van der Waals surface area (Å²) < 4.78 is 32.3. The normalized spacial score (nSPS) is 16.1. The van der Waals surface area contributed by atoms with Crippen LogP contribution in [0.2, 0.25) is 5.02 Å². The number of halogens is 1. The molecule has 1 aliphatic rings. The lowest BCUT2D eigenvalue weighted by atomic mass is 10.2. The molecule has 28 heavy (non-hydrogen) atoms. The second kappa shape index (κ2) is 8.61. The van der Waals surface area contributed by atoms with Crippen molar-refractivity contribution < 1.29 is 17.9 Å². The summed E-state index contributed by atoms with van der Waals surface area (Å²) in [5.41, 5.74) is 1.48. The number of rotatable bonds is 6. The van der Waals surface area contributed by atoms with E-state index >= 15 is 0 Å². The topological polar surface area (TPSA) is 66.9 Å². The van der Waals surface area contributed by atoms with Gasteiger partial charge in [0, 0.05) is 43.3 Å². The van der Waals surface area contributed by atoms with Crippen LogP contribution in [0.1, 0.15) is 22.8 Å². The standard InChI is InChI=1S/C20H23ClN2O4S/c1-15(24)16-4-7-19(8-5-16)28(25,26)23-11-9-22(10-12-23)14-17-3-6-18(27-2)13-20(17)21/h3-8,13H,9-12,14H2,1-2H3. The summed E-state index contributed by atoms with van der Waals surface area (Å²) in [6.45, 7) is 4.16. The largest absolute Gasteiger partial charge is 0.497 e. The van der Waals surface area contributed by atoms with Gasteiger partial charge in [-0.05, 0) is 36.8 Å². The molecule has 2 aromatic rings. The number of hydrogen-bond acceptors (Lipinski definition) is 5. The molecule has 1 saturated heterocycles. The molecule has 150 valence electrons. The number of hydrogen-bond donors (Lipinski definition) is 0. The van der Waals surface area contributed by atoms with Gasteiger partial charge in [0.25, 0.3) is 0 Å². The Labute approximate surface area is 170 Å². The highest BCUT2D eigenvalue weighted by atomic mass is 35.5. The van der Waals surface area contributed by atoms with Crippen molar-refractivity contribution in [3.63, 3.8) is 0 Å². The van der Waals surface area contributed by atoms with Crippen molar-refractivity contribution in [2.45, 2.75) is 18.4 Å². The van der Waals surface area contributed by atoms with Crippen LogP contribution < -0.4 is 4.74 Å². The number of methoxy groups -OCH3 is 1. The van der Waals surface area contributed by atoms with E-state index in [0.29, 0.717) is 49.1 Å². The molecule has 1 fully saturated rings. The molecule has 0 aromatic heterocycles. The average Bonchev–Trinajstić information content (AvgIpc) is 2.70. The first-order valence-electron chi connectivity index (χ1n) is 8.97. The third-order valence-electron chi connectivity index (χ3n) is 4.88. The molecule has 0 aliphatic carbocycles. The van der Waals surface area contributed by atoms with Crippen molar-refractivity contribution in [1.29, 1.82) is 0 Å². The first-order chi connectivity index (χ1) is 13.3. The van der Waals surface area contributed by atoms with Crippen molar-refractivity contribution in [2.24, 2.45) is 0 Å². The highest BCUT2D eigenvalue weighted by Gasteiger charge is 2.28. The highest BCUT2D eigenvalue weighted by molar-refractivity contribution is 7.89. The van der Waals surface area contributed by atoms with Crippen LogP contribution in [-0.4, -0.2) is 56.7 Å². The number of sulfonamides is 1. The summed E-state index contributed by atoms with van der Waals surface area (Å²) in [7, 11) is -1.97. The van der Waals surface area contributed by atoms with E-state index in [1.54, 1.807) is 25.3 Å². The second-order valence-electron chi connectivity index (χ2n) is 6.72. The number of ether oxygens (including phenoxy) is 1. The number of carbonyl (C=O) groups excluding carboxylic acids is 1. The van der Waals surface area contributed by atoms with Crippen LogP contribution in [0.5, 0.6) is 5.75 Å². The third kappa shape index (κ3) is 4.55. The van der Waals surface area contributed by atoms with E-state index in [0.717, 1.165) is 5.56 Å². The zero-order chi connectivity index (χ0) is 20.3. The lowest BCUT2D eigenvalue weighted by molar-refractivity contribution is 0.101. The van der Waals surface area contributed by atoms with Crippen molar-refractivity contribution >= 4 is 27.4 Å². The molecular formula is C20H23ClN2O4S. The van der Waals surface area contributed by atoms with Gasteiger partial charge in [-0.2, -0.15) is 4.31 Å². The maximum Gasteiger partial charge on any atom is 0.243 e. The van der Waals surface area contributed by atoms with E-state index < -0.39 is 10.0 Å². The SMILES string of the molecule is COc1ccc(CN2CCN(S(=O)(=O)c3ccc(C(C)=O)cc3)CC2)c(Cl)c1. The Morgan fingerprint density at radius 2 is 1.71 bits per heavy atom. The van der Waals surface area contributed by atoms with Crippen LogP contribution >= 0.6 is 11.6 Å². The third-order valence-corrected chi connectivity index (χ3v) is 7.15. The summed E-state index contributed by atoms with van der Waals surface area (Å²) in [5, 5.41) is 0.639. The summed E-state index contributed by atoms with van der Waals surface area (Å²) in [6.07, 6.45) is 0. The molecule has 0 unspecified atom stereocenters. The summed E-state index contributed by atoms with van der Waals surface area (Å²) in [6, 6.07) is 11.7. The van der Waals surface area contributed by atoms with Gasteiger partial charge in [0.15, 0.2) is 5.78 Å². The molecule has 8 heteroatoms. The number of carbonyl (C=O) groups is 1. The van der Waals surface area contributed by atoms with Gasteiger partial charge in [0.2, 0.25) is 10.0 Å². The van der Waals surface area contributed by atoms with Crippen LogP contribution in [0, 0.1) is 0 Å². The van der Waals surface area contributed by atoms with E-state index in [2.05, 4.69) is 4.90 Å². The molecule has 2 aromatic carbocycles. The minimum Gasteiger partial charge on any atom is -0.497 e. The quantitative estimate of drug-likeness (QED) is 0.669. The fourth-order valence-corrected chi connectivity index (χ4v) is 4.82. The van der Waals surface area contributed by atoms with Crippen LogP contribution in [0.4, 0.5) is 0 Å². The van der Waals surface area contributed by atoms with Gasteiger partial charge in [-0.15, -0.1) is 0 Å². The fourth-order valence-electron chi connectivity index (χ4n) is 3.16. The Kier molecular flexibility index (Phi) is 6.40. The van der Waals surface area contributed by atoms with Gasteiger partial charge in [-0.1, -0.05) is 29.8 Å². The van der Waals surface area contributed by atoms with Gasteiger partial charge in [-0.3, -0.25) is 9.69 Å². The molecule has 3 rings (SSSR count). The molecule has 0 atom stereocenters. The molecule has 0 amide bonds. The lowest BCUT2D eigenvalue weighted by Crippen LogP contribution is -2.48. The fraction of sp³-hybridized carbons (Fsp3) is 0.350.